The van der Waals surface area contributed by atoms with Crippen LogP contribution in [0.1, 0.15) is 20.8 Å². The predicted octanol–water partition coefficient (Wildman–Crippen LogP) is 5.84. The van der Waals surface area contributed by atoms with Crippen LogP contribution in [0.3, 0.4) is 0 Å². The Morgan fingerprint density at radius 2 is 1.55 bits per heavy atom. The van der Waals surface area contributed by atoms with Gasteiger partial charge < -0.3 is 4.98 Å². The van der Waals surface area contributed by atoms with Gasteiger partial charge in [-0.3, -0.25) is 14.8 Å². The molecule has 0 aliphatic rings. The molecule has 2 heterocycles. The van der Waals surface area contributed by atoms with Gasteiger partial charge in [0.05, 0.1) is 11.3 Å². The second kappa shape index (κ2) is 8.86. The van der Waals surface area contributed by atoms with Gasteiger partial charge in [0.15, 0.2) is 0 Å². The first kappa shape index (κ1) is 20.9. The molecule has 0 bridgehead atoms. The lowest BCUT2D eigenvalue weighted by molar-refractivity contribution is -0.128. The van der Waals surface area contributed by atoms with Crippen molar-refractivity contribution in [3.8, 4) is 21.7 Å². The lowest BCUT2D eigenvalue weighted by Crippen LogP contribution is -2.20. The topological polar surface area (TPSA) is 82.2 Å². The van der Waals surface area contributed by atoms with E-state index in [9.17, 15) is 9.59 Å². The van der Waals surface area contributed by atoms with E-state index in [1.807, 2.05) is 78.9 Å². The van der Waals surface area contributed by atoms with Crippen LogP contribution >= 0.6 is 11.3 Å². The standard InChI is InChI=1S/C27H20N2O3S/c30-25(29-32)16-21-15-24(33-27(21)18-9-5-2-6-10-18)26(31)20-12-11-19-13-22(28-23(19)14-20)17-7-3-1-4-8-17/h1-15,28,32H,16H2,(H,29,30). The highest BCUT2D eigenvalue weighted by atomic mass is 32.1. The monoisotopic (exact) mass is 452 g/mol. The third-order valence-electron chi connectivity index (χ3n) is 5.51. The molecule has 0 aliphatic carbocycles. The van der Waals surface area contributed by atoms with E-state index in [1.165, 1.54) is 11.3 Å². The highest BCUT2D eigenvalue weighted by molar-refractivity contribution is 7.17. The van der Waals surface area contributed by atoms with Crippen molar-refractivity contribution >= 4 is 33.9 Å². The van der Waals surface area contributed by atoms with Gasteiger partial charge in [0, 0.05) is 27.0 Å². The Balaban J connectivity index is 1.51. The molecule has 0 unspecified atom stereocenters. The zero-order valence-corrected chi connectivity index (χ0v) is 18.4. The van der Waals surface area contributed by atoms with Gasteiger partial charge in [-0.05, 0) is 34.9 Å². The van der Waals surface area contributed by atoms with Gasteiger partial charge in [0.1, 0.15) is 0 Å². The van der Waals surface area contributed by atoms with Crippen LogP contribution in [0.2, 0.25) is 0 Å². The molecule has 0 aliphatic heterocycles. The molecule has 0 saturated carbocycles. The summed E-state index contributed by atoms with van der Waals surface area (Å²) in [6, 6.07) is 29.1. The van der Waals surface area contributed by atoms with Gasteiger partial charge in [-0.15, -0.1) is 11.3 Å². The number of thiophene rings is 1. The second-order valence-electron chi connectivity index (χ2n) is 7.72. The molecular formula is C27H20N2O3S. The molecule has 0 atom stereocenters. The predicted molar refractivity (Wildman–Crippen MR) is 131 cm³/mol. The summed E-state index contributed by atoms with van der Waals surface area (Å²) in [6.07, 6.45) is -0.0133. The lowest BCUT2D eigenvalue weighted by atomic mass is 10.0. The molecule has 6 heteroatoms. The highest BCUT2D eigenvalue weighted by Crippen LogP contribution is 2.35. The molecule has 0 saturated heterocycles. The molecule has 0 spiro atoms. The number of nitrogens with one attached hydrogen (secondary N) is 2. The van der Waals surface area contributed by atoms with E-state index in [1.54, 1.807) is 11.5 Å². The number of hydrogen-bond donors (Lipinski definition) is 3. The third kappa shape index (κ3) is 4.22. The molecule has 2 aromatic heterocycles. The number of hydroxylamine groups is 1. The summed E-state index contributed by atoms with van der Waals surface area (Å²) < 4.78 is 0. The number of rotatable bonds is 6. The van der Waals surface area contributed by atoms with Gasteiger partial charge in [-0.25, -0.2) is 5.48 Å². The number of H-pyrrole nitrogens is 1. The third-order valence-corrected chi connectivity index (χ3v) is 6.74. The molecule has 3 aromatic carbocycles. The van der Waals surface area contributed by atoms with Crippen molar-refractivity contribution in [1.82, 2.24) is 10.5 Å². The van der Waals surface area contributed by atoms with Gasteiger partial charge >= 0.3 is 0 Å². The molecular weight excluding hydrogens is 432 g/mol. The second-order valence-corrected chi connectivity index (χ2v) is 8.78. The average molecular weight is 453 g/mol. The summed E-state index contributed by atoms with van der Waals surface area (Å²) in [6.45, 7) is 0. The van der Waals surface area contributed by atoms with Crippen LogP contribution in [0.4, 0.5) is 0 Å². The van der Waals surface area contributed by atoms with Gasteiger partial charge in [0.2, 0.25) is 11.7 Å². The van der Waals surface area contributed by atoms with E-state index in [-0.39, 0.29) is 12.2 Å². The van der Waals surface area contributed by atoms with Gasteiger partial charge in [0.25, 0.3) is 0 Å². The number of aromatic amines is 1. The Morgan fingerprint density at radius 3 is 2.24 bits per heavy atom. The number of fused-ring (bicyclic) bond motifs is 1. The molecule has 5 rings (SSSR count). The molecule has 33 heavy (non-hydrogen) atoms. The van der Waals surface area contributed by atoms with Crippen molar-refractivity contribution in [2.24, 2.45) is 0 Å². The minimum Gasteiger partial charge on any atom is -0.355 e. The normalized spacial score (nSPS) is 10.9. The van der Waals surface area contributed by atoms with Gasteiger partial charge in [-0.2, -0.15) is 0 Å². The number of amides is 1. The zero-order valence-electron chi connectivity index (χ0n) is 17.5. The largest absolute Gasteiger partial charge is 0.355 e. The maximum absolute atomic E-state index is 13.4. The van der Waals surface area contributed by atoms with Crippen molar-refractivity contribution in [3.05, 3.63) is 107 Å². The number of carbonyl (C=O) groups is 2. The number of carbonyl (C=O) groups excluding carboxylic acids is 2. The van der Waals surface area contributed by atoms with Crippen molar-refractivity contribution < 1.29 is 14.8 Å². The van der Waals surface area contributed by atoms with E-state index in [0.717, 1.165) is 32.6 Å². The Bertz CT molecular complexity index is 1450. The first-order valence-corrected chi connectivity index (χ1v) is 11.3. The van der Waals surface area contributed by atoms with Crippen LogP contribution in [0.15, 0.2) is 91.0 Å². The highest BCUT2D eigenvalue weighted by Gasteiger charge is 2.19. The number of aromatic nitrogens is 1. The summed E-state index contributed by atoms with van der Waals surface area (Å²) in [7, 11) is 0. The summed E-state index contributed by atoms with van der Waals surface area (Å²) in [5, 5.41) is 10.00. The van der Waals surface area contributed by atoms with Gasteiger partial charge in [-0.1, -0.05) is 72.8 Å². The van der Waals surface area contributed by atoms with E-state index in [4.69, 9.17) is 5.21 Å². The maximum atomic E-state index is 13.4. The smallest absolute Gasteiger partial charge is 0.247 e. The summed E-state index contributed by atoms with van der Waals surface area (Å²) >= 11 is 1.35. The first-order chi connectivity index (χ1) is 16.1. The van der Waals surface area contributed by atoms with E-state index in [2.05, 4.69) is 11.1 Å². The van der Waals surface area contributed by atoms with E-state index in [0.29, 0.717) is 16.0 Å². The van der Waals surface area contributed by atoms with Crippen LogP contribution in [-0.4, -0.2) is 21.9 Å². The zero-order chi connectivity index (χ0) is 22.8. The molecule has 0 fully saturated rings. The Hall–Kier alpha value is -4.00. The van der Waals surface area contributed by atoms with Crippen LogP contribution in [0, 0.1) is 0 Å². The number of benzene rings is 3. The van der Waals surface area contributed by atoms with E-state index < -0.39 is 5.91 Å². The summed E-state index contributed by atoms with van der Waals surface area (Å²) in [4.78, 5) is 30.0. The van der Waals surface area contributed by atoms with Crippen molar-refractivity contribution in [3.63, 3.8) is 0 Å². The number of hydrogen-bond acceptors (Lipinski definition) is 4. The molecule has 5 aromatic rings. The molecule has 0 radical (unpaired) electrons. The van der Waals surface area contributed by atoms with Crippen molar-refractivity contribution in [2.45, 2.75) is 6.42 Å². The van der Waals surface area contributed by atoms with Crippen LogP contribution in [0.5, 0.6) is 0 Å². The summed E-state index contributed by atoms with van der Waals surface area (Å²) in [5.74, 6) is -0.629. The minimum atomic E-state index is -0.523. The Labute approximate surface area is 194 Å². The minimum absolute atomic E-state index is 0.0133. The fraction of sp³-hybridized carbons (Fsp3) is 0.0370. The number of ketones is 1. The SMILES string of the molecule is O=C(Cc1cc(C(=O)c2ccc3cc(-c4ccccc4)[nH]c3c2)sc1-c1ccccc1)NO. The van der Waals surface area contributed by atoms with Crippen LogP contribution in [0.25, 0.3) is 32.6 Å². The molecule has 162 valence electrons. The van der Waals surface area contributed by atoms with Crippen molar-refractivity contribution in [2.75, 3.05) is 0 Å². The molecule has 5 nitrogen and oxygen atoms in total. The van der Waals surface area contributed by atoms with Crippen molar-refractivity contribution in [1.29, 1.82) is 0 Å². The quantitative estimate of drug-likeness (QED) is 0.172. The maximum Gasteiger partial charge on any atom is 0.247 e. The molecule has 3 N–H and O–H groups in total. The lowest BCUT2D eigenvalue weighted by Gasteiger charge is -2.02. The Morgan fingerprint density at radius 1 is 0.848 bits per heavy atom. The van der Waals surface area contributed by atoms with E-state index >= 15 is 0 Å². The molecule has 1 amide bonds. The Kier molecular flexibility index (Phi) is 5.60. The first-order valence-electron chi connectivity index (χ1n) is 10.5. The van der Waals surface area contributed by atoms with Crippen LogP contribution < -0.4 is 5.48 Å². The fourth-order valence-corrected chi connectivity index (χ4v) is 5.05. The average Bonchev–Trinajstić information content (AvgIpc) is 3.48. The summed E-state index contributed by atoms with van der Waals surface area (Å²) in [5.41, 5.74) is 6.84. The fourth-order valence-electron chi connectivity index (χ4n) is 3.90. The van der Waals surface area contributed by atoms with Crippen LogP contribution in [-0.2, 0) is 11.2 Å².